The Labute approximate surface area is 116 Å². The van der Waals surface area contributed by atoms with E-state index < -0.39 is 5.97 Å². The van der Waals surface area contributed by atoms with Crippen molar-refractivity contribution in [3.8, 4) is 0 Å². The first-order chi connectivity index (χ1) is 9.13. The highest BCUT2D eigenvalue weighted by atomic mass is 35.5. The molecule has 0 atom stereocenters. The van der Waals surface area contributed by atoms with Gasteiger partial charge >= 0.3 is 5.97 Å². The number of carbonyl (C=O) groups is 1. The van der Waals surface area contributed by atoms with Crippen LogP contribution in [-0.4, -0.2) is 42.9 Å². The summed E-state index contributed by atoms with van der Waals surface area (Å²) in [6.45, 7) is 2.05. The van der Waals surface area contributed by atoms with Gasteiger partial charge in [0, 0.05) is 26.4 Å². The minimum Gasteiger partial charge on any atom is -0.478 e. The SMILES string of the molecule is COCC1=CCN(c2nccc(C(=O)O)c2Cl)CC1. The zero-order valence-electron chi connectivity index (χ0n) is 10.6. The molecule has 0 aromatic carbocycles. The lowest BCUT2D eigenvalue weighted by Crippen LogP contribution is -2.30. The van der Waals surface area contributed by atoms with Gasteiger partial charge in [0.05, 0.1) is 17.2 Å². The predicted molar refractivity (Wildman–Crippen MR) is 73.0 cm³/mol. The second kappa shape index (κ2) is 6.04. The number of anilines is 1. The fraction of sp³-hybridized carbons (Fsp3) is 0.385. The number of rotatable bonds is 4. The molecular formula is C13H15ClN2O3. The molecule has 0 radical (unpaired) electrons. The lowest BCUT2D eigenvalue weighted by Gasteiger charge is -2.28. The van der Waals surface area contributed by atoms with Crippen LogP contribution in [-0.2, 0) is 4.74 Å². The third kappa shape index (κ3) is 3.05. The van der Waals surface area contributed by atoms with E-state index in [1.807, 2.05) is 4.90 Å². The second-order valence-electron chi connectivity index (χ2n) is 4.29. The van der Waals surface area contributed by atoms with Crippen LogP contribution in [0.4, 0.5) is 5.82 Å². The van der Waals surface area contributed by atoms with Crippen LogP contribution in [0, 0.1) is 0 Å². The quantitative estimate of drug-likeness (QED) is 0.858. The summed E-state index contributed by atoms with van der Waals surface area (Å²) < 4.78 is 5.09. The van der Waals surface area contributed by atoms with Crippen molar-refractivity contribution in [1.29, 1.82) is 0 Å². The van der Waals surface area contributed by atoms with Crippen molar-refractivity contribution in [1.82, 2.24) is 4.98 Å². The maximum atomic E-state index is 11.0. The van der Waals surface area contributed by atoms with Crippen LogP contribution in [0.5, 0.6) is 0 Å². The predicted octanol–water partition coefficient (Wildman–Crippen LogP) is 2.22. The summed E-state index contributed by atoms with van der Waals surface area (Å²) in [4.78, 5) is 17.2. The van der Waals surface area contributed by atoms with Crippen LogP contribution in [0.1, 0.15) is 16.8 Å². The zero-order valence-corrected chi connectivity index (χ0v) is 11.4. The molecule has 19 heavy (non-hydrogen) atoms. The number of pyridine rings is 1. The first-order valence-corrected chi connectivity index (χ1v) is 6.31. The molecule has 2 rings (SSSR count). The van der Waals surface area contributed by atoms with Crippen LogP contribution in [0.25, 0.3) is 0 Å². The molecule has 0 unspecified atom stereocenters. The summed E-state index contributed by atoms with van der Waals surface area (Å²) >= 11 is 6.10. The Bertz CT molecular complexity index is 517. The summed E-state index contributed by atoms with van der Waals surface area (Å²) in [7, 11) is 1.67. The fourth-order valence-electron chi connectivity index (χ4n) is 2.04. The molecule has 0 saturated carbocycles. The Morgan fingerprint density at radius 2 is 2.42 bits per heavy atom. The lowest BCUT2D eigenvalue weighted by molar-refractivity contribution is 0.0697. The van der Waals surface area contributed by atoms with Gasteiger partial charge in [-0.1, -0.05) is 17.7 Å². The van der Waals surface area contributed by atoms with Crippen LogP contribution < -0.4 is 4.90 Å². The highest BCUT2D eigenvalue weighted by Gasteiger charge is 2.19. The third-order valence-electron chi connectivity index (χ3n) is 3.03. The minimum atomic E-state index is -1.04. The topological polar surface area (TPSA) is 62.7 Å². The molecule has 1 aromatic heterocycles. The molecule has 0 fully saturated rings. The maximum Gasteiger partial charge on any atom is 0.337 e. The first kappa shape index (κ1) is 13.8. The largest absolute Gasteiger partial charge is 0.478 e. The van der Waals surface area contributed by atoms with E-state index in [-0.39, 0.29) is 10.6 Å². The number of ether oxygens (including phenoxy) is 1. The summed E-state index contributed by atoms with van der Waals surface area (Å²) in [6, 6.07) is 1.41. The molecular weight excluding hydrogens is 268 g/mol. The van der Waals surface area contributed by atoms with Crippen LogP contribution in [0.2, 0.25) is 5.02 Å². The standard InChI is InChI=1S/C13H15ClN2O3/c1-19-8-9-3-6-16(7-4-9)12-11(14)10(13(17)18)2-5-15-12/h2-3,5H,4,6-8H2,1H3,(H,17,18). The third-order valence-corrected chi connectivity index (χ3v) is 3.41. The van der Waals surface area contributed by atoms with E-state index in [0.717, 1.165) is 13.0 Å². The van der Waals surface area contributed by atoms with Gasteiger partial charge < -0.3 is 14.7 Å². The van der Waals surface area contributed by atoms with Crippen molar-refractivity contribution in [2.45, 2.75) is 6.42 Å². The molecule has 0 bridgehead atoms. The van der Waals surface area contributed by atoms with Crippen molar-refractivity contribution in [2.24, 2.45) is 0 Å². The molecule has 1 aliphatic heterocycles. The average Bonchev–Trinajstić information content (AvgIpc) is 2.40. The number of aromatic nitrogens is 1. The van der Waals surface area contributed by atoms with Gasteiger partial charge in [-0.15, -0.1) is 0 Å². The Balaban J connectivity index is 2.20. The Hall–Kier alpha value is -1.59. The molecule has 0 aliphatic carbocycles. The van der Waals surface area contributed by atoms with Gasteiger partial charge in [-0.25, -0.2) is 9.78 Å². The number of hydrogen-bond acceptors (Lipinski definition) is 4. The van der Waals surface area contributed by atoms with E-state index in [1.54, 1.807) is 7.11 Å². The van der Waals surface area contributed by atoms with Crippen LogP contribution >= 0.6 is 11.6 Å². The van der Waals surface area contributed by atoms with Crippen molar-refractivity contribution in [3.63, 3.8) is 0 Å². The Kier molecular flexibility index (Phi) is 4.39. The number of nitrogens with zero attached hydrogens (tertiary/aromatic N) is 2. The van der Waals surface area contributed by atoms with E-state index in [4.69, 9.17) is 21.4 Å². The van der Waals surface area contributed by atoms with Gasteiger partial charge in [-0.3, -0.25) is 0 Å². The first-order valence-electron chi connectivity index (χ1n) is 5.93. The van der Waals surface area contributed by atoms with Crippen molar-refractivity contribution in [3.05, 3.63) is 34.5 Å². The Morgan fingerprint density at radius 3 is 3.00 bits per heavy atom. The van der Waals surface area contributed by atoms with Crippen molar-refractivity contribution in [2.75, 3.05) is 31.7 Å². The normalized spacial score (nSPS) is 15.3. The van der Waals surface area contributed by atoms with E-state index in [0.29, 0.717) is 19.0 Å². The highest BCUT2D eigenvalue weighted by Crippen LogP contribution is 2.28. The number of hydrogen-bond donors (Lipinski definition) is 1. The van der Waals surface area contributed by atoms with Crippen molar-refractivity contribution >= 4 is 23.4 Å². The fourth-order valence-corrected chi connectivity index (χ4v) is 2.35. The molecule has 2 heterocycles. The van der Waals surface area contributed by atoms with Gasteiger partial charge in [0.1, 0.15) is 5.82 Å². The number of methoxy groups -OCH3 is 1. The lowest BCUT2D eigenvalue weighted by atomic mass is 10.1. The smallest absolute Gasteiger partial charge is 0.337 e. The van der Waals surface area contributed by atoms with Gasteiger partial charge in [-0.2, -0.15) is 0 Å². The molecule has 0 saturated heterocycles. The monoisotopic (exact) mass is 282 g/mol. The maximum absolute atomic E-state index is 11.0. The van der Waals surface area contributed by atoms with Crippen LogP contribution in [0.3, 0.4) is 0 Å². The summed E-state index contributed by atoms with van der Waals surface area (Å²) in [5.41, 5.74) is 1.32. The molecule has 0 amide bonds. The van der Waals surface area contributed by atoms with Gasteiger partial charge in [-0.05, 0) is 18.1 Å². The molecule has 0 spiro atoms. The zero-order chi connectivity index (χ0) is 13.8. The minimum absolute atomic E-state index is 0.0818. The van der Waals surface area contributed by atoms with E-state index in [9.17, 15) is 4.79 Å². The van der Waals surface area contributed by atoms with Gasteiger partial charge in [0.15, 0.2) is 0 Å². The summed E-state index contributed by atoms with van der Waals surface area (Å²) in [6.07, 6.45) is 4.40. The van der Waals surface area contributed by atoms with E-state index >= 15 is 0 Å². The molecule has 6 heteroatoms. The second-order valence-corrected chi connectivity index (χ2v) is 4.67. The number of halogens is 1. The number of aromatic carboxylic acids is 1. The average molecular weight is 283 g/mol. The van der Waals surface area contributed by atoms with Crippen molar-refractivity contribution < 1.29 is 14.6 Å². The molecule has 1 aliphatic rings. The highest BCUT2D eigenvalue weighted by molar-refractivity contribution is 6.35. The van der Waals surface area contributed by atoms with Gasteiger partial charge in [0.25, 0.3) is 0 Å². The van der Waals surface area contributed by atoms with E-state index in [1.165, 1.54) is 17.8 Å². The summed E-state index contributed by atoms with van der Waals surface area (Å²) in [5.74, 6) is -0.518. The molecule has 5 nitrogen and oxygen atoms in total. The molecule has 1 aromatic rings. The summed E-state index contributed by atoms with van der Waals surface area (Å²) in [5, 5.41) is 9.23. The molecule has 102 valence electrons. The van der Waals surface area contributed by atoms with E-state index in [2.05, 4.69) is 11.1 Å². The number of carboxylic acids is 1. The Morgan fingerprint density at radius 1 is 1.63 bits per heavy atom. The number of carboxylic acid groups (broad SMARTS) is 1. The van der Waals surface area contributed by atoms with Crippen LogP contribution in [0.15, 0.2) is 23.9 Å². The molecule has 1 N–H and O–H groups in total. The van der Waals surface area contributed by atoms with Gasteiger partial charge in [0.2, 0.25) is 0 Å².